The second kappa shape index (κ2) is 4.08. The van der Waals surface area contributed by atoms with E-state index in [0.717, 1.165) is 32.2 Å². The zero-order chi connectivity index (χ0) is 14.8. The average Bonchev–Trinajstić information content (AvgIpc) is 2.69. The highest BCUT2D eigenvalue weighted by Crippen LogP contribution is 2.71. The van der Waals surface area contributed by atoms with Gasteiger partial charge in [-0.1, -0.05) is 20.8 Å². The molecule has 0 aromatic carbocycles. The Labute approximate surface area is 122 Å². The van der Waals surface area contributed by atoms with E-state index in [1.165, 1.54) is 6.42 Å². The molecule has 2 bridgehead atoms. The first-order chi connectivity index (χ1) is 9.26. The first kappa shape index (κ1) is 14.1. The molecule has 20 heavy (non-hydrogen) atoms. The highest BCUT2D eigenvalue weighted by atomic mass is 16.2. The summed E-state index contributed by atoms with van der Waals surface area (Å²) in [5, 5.41) is 0. The molecule has 2 aliphatic carbocycles. The highest BCUT2D eigenvalue weighted by Gasteiger charge is 2.73. The lowest BCUT2D eigenvalue weighted by Crippen LogP contribution is -2.52. The highest BCUT2D eigenvalue weighted by molar-refractivity contribution is 5.99. The molecule has 3 rings (SSSR count). The minimum Gasteiger partial charge on any atom is -0.339 e. The fourth-order valence-electron chi connectivity index (χ4n) is 5.01. The number of rotatable bonds is 1. The van der Waals surface area contributed by atoms with E-state index >= 15 is 0 Å². The number of Topliss-reactive ketones (excluding diaryl/α,β-unsaturated/α-hetero) is 1. The quantitative estimate of drug-likeness (QED) is 0.738. The third-order valence-corrected chi connectivity index (χ3v) is 7.18. The average molecular weight is 277 g/mol. The Morgan fingerprint density at radius 1 is 1.20 bits per heavy atom. The number of carbonyl (C=O) groups is 2. The van der Waals surface area contributed by atoms with Crippen molar-refractivity contribution in [2.75, 3.05) is 6.54 Å². The van der Waals surface area contributed by atoms with Crippen LogP contribution >= 0.6 is 0 Å². The molecular formula is C17H27NO2. The van der Waals surface area contributed by atoms with Crippen molar-refractivity contribution >= 4 is 11.7 Å². The maximum Gasteiger partial charge on any atom is 0.230 e. The maximum absolute atomic E-state index is 13.3. The summed E-state index contributed by atoms with van der Waals surface area (Å²) in [4.78, 5) is 27.8. The van der Waals surface area contributed by atoms with Crippen LogP contribution in [0.25, 0.3) is 0 Å². The van der Waals surface area contributed by atoms with E-state index in [0.29, 0.717) is 18.2 Å². The second-order valence-electron chi connectivity index (χ2n) is 7.98. The summed E-state index contributed by atoms with van der Waals surface area (Å²) in [6.07, 6.45) is 5.68. The molecule has 2 saturated carbocycles. The van der Waals surface area contributed by atoms with Gasteiger partial charge in [0.2, 0.25) is 5.91 Å². The Morgan fingerprint density at radius 3 is 2.40 bits per heavy atom. The molecule has 0 radical (unpaired) electrons. The van der Waals surface area contributed by atoms with Crippen LogP contribution in [0.5, 0.6) is 0 Å². The molecule has 3 aliphatic rings. The summed E-state index contributed by atoms with van der Waals surface area (Å²) in [5.41, 5.74) is -0.919. The lowest BCUT2D eigenvalue weighted by atomic mass is 9.64. The van der Waals surface area contributed by atoms with Crippen LogP contribution in [0.2, 0.25) is 0 Å². The lowest BCUT2D eigenvalue weighted by Gasteiger charge is -2.44. The Balaban J connectivity index is 1.97. The van der Waals surface area contributed by atoms with E-state index in [1.807, 2.05) is 0 Å². The zero-order valence-corrected chi connectivity index (χ0v) is 13.3. The van der Waals surface area contributed by atoms with Gasteiger partial charge in [0.25, 0.3) is 0 Å². The van der Waals surface area contributed by atoms with Gasteiger partial charge in [0.15, 0.2) is 0 Å². The van der Waals surface area contributed by atoms with Gasteiger partial charge < -0.3 is 4.90 Å². The molecule has 3 fully saturated rings. The van der Waals surface area contributed by atoms with Crippen LogP contribution in [-0.4, -0.2) is 29.2 Å². The maximum atomic E-state index is 13.3. The fourth-order valence-corrected chi connectivity index (χ4v) is 5.01. The van der Waals surface area contributed by atoms with Crippen molar-refractivity contribution in [3.63, 3.8) is 0 Å². The van der Waals surface area contributed by atoms with Crippen LogP contribution in [-0.2, 0) is 9.59 Å². The Kier molecular flexibility index (Phi) is 2.88. The van der Waals surface area contributed by atoms with E-state index in [-0.39, 0.29) is 16.7 Å². The molecule has 3 atom stereocenters. The molecule has 1 saturated heterocycles. The first-order valence-corrected chi connectivity index (χ1v) is 8.11. The van der Waals surface area contributed by atoms with Gasteiger partial charge in [-0.05, 0) is 44.4 Å². The number of nitrogens with zero attached hydrogens (tertiary/aromatic N) is 1. The van der Waals surface area contributed by atoms with Crippen molar-refractivity contribution < 1.29 is 9.59 Å². The molecule has 1 aliphatic heterocycles. The third-order valence-electron chi connectivity index (χ3n) is 7.18. The minimum absolute atomic E-state index is 0.203. The number of amides is 1. The van der Waals surface area contributed by atoms with Crippen molar-refractivity contribution in [3.05, 3.63) is 0 Å². The van der Waals surface area contributed by atoms with E-state index < -0.39 is 5.41 Å². The first-order valence-electron chi connectivity index (χ1n) is 8.11. The van der Waals surface area contributed by atoms with Gasteiger partial charge in [-0.2, -0.15) is 0 Å². The summed E-state index contributed by atoms with van der Waals surface area (Å²) in [5.74, 6) is 0.580. The molecule has 3 heteroatoms. The van der Waals surface area contributed by atoms with Gasteiger partial charge in [0.1, 0.15) is 5.78 Å². The van der Waals surface area contributed by atoms with E-state index in [1.54, 1.807) is 0 Å². The van der Waals surface area contributed by atoms with Crippen molar-refractivity contribution in [3.8, 4) is 0 Å². The number of hydrogen-bond donors (Lipinski definition) is 0. The van der Waals surface area contributed by atoms with Gasteiger partial charge in [-0.3, -0.25) is 9.59 Å². The molecule has 0 unspecified atom stereocenters. The summed E-state index contributed by atoms with van der Waals surface area (Å²) >= 11 is 0. The molecule has 0 aromatic heterocycles. The van der Waals surface area contributed by atoms with E-state index in [4.69, 9.17) is 0 Å². The Hall–Kier alpha value is -0.860. The molecule has 1 amide bonds. The number of carbonyl (C=O) groups excluding carboxylic acids is 2. The third kappa shape index (κ3) is 1.42. The van der Waals surface area contributed by atoms with Gasteiger partial charge in [-0.25, -0.2) is 0 Å². The Morgan fingerprint density at radius 2 is 1.90 bits per heavy atom. The van der Waals surface area contributed by atoms with E-state index in [9.17, 15) is 9.59 Å². The smallest absolute Gasteiger partial charge is 0.230 e. The number of fused-ring (bicyclic) bond motifs is 2. The Bertz CT molecular complexity index is 470. The van der Waals surface area contributed by atoms with Gasteiger partial charge in [0.05, 0.1) is 5.41 Å². The summed E-state index contributed by atoms with van der Waals surface area (Å²) in [6, 6.07) is 0.337. The van der Waals surface area contributed by atoms with Crippen LogP contribution in [0, 0.1) is 16.2 Å². The van der Waals surface area contributed by atoms with Crippen molar-refractivity contribution in [2.24, 2.45) is 16.2 Å². The minimum atomic E-state index is -0.426. The van der Waals surface area contributed by atoms with Crippen molar-refractivity contribution in [1.82, 2.24) is 4.90 Å². The van der Waals surface area contributed by atoms with Crippen molar-refractivity contribution in [1.29, 1.82) is 0 Å². The molecule has 3 nitrogen and oxygen atoms in total. The summed E-state index contributed by atoms with van der Waals surface area (Å²) in [6.45, 7) is 9.42. The zero-order valence-electron chi connectivity index (χ0n) is 13.3. The molecule has 1 heterocycles. The lowest BCUT2D eigenvalue weighted by molar-refractivity contribution is -0.151. The number of likely N-dealkylation sites (tertiary alicyclic amines) is 1. The van der Waals surface area contributed by atoms with Gasteiger partial charge in [0, 0.05) is 24.4 Å². The largest absolute Gasteiger partial charge is 0.339 e. The molecular weight excluding hydrogens is 250 g/mol. The normalized spacial score (nSPS) is 43.1. The molecule has 112 valence electrons. The van der Waals surface area contributed by atoms with E-state index in [2.05, 4.69) is 32.6 Å². The van der Waals surface area contributed by atoms with Crippen LogP contribution in [0.15, 0.2) is 0 Å². The van der Waals surface area contributed by atoms with Crippen LogP contribution in [0.4, 0.5) is 0 Å². The second-order valence-corrected chi connectivity index (χ2v) is 7.98. The summed E-state index contributed by atoms with van der Waals surface area (Å²) in [7, 11) is 0. The van der Waals surface area contributed by atoms with Gasteiger partial charge >= 0.3 is 0 Å². The number of ketones is 1. The van der Waals surface area contributed by atoms with Crippen LogP contribution in [0.3, 0.4) is 0 Å². The topological polar surface area (TPSA) is 37.4 Å². The predicted octanol–water partition coefficient (Wildman–Crippen LogP) is 3.17. The van der Waals surface area contributed by atoms with Gasteiger partial charge in [-0.15, -0.1) is 0 Å². The fraction of sp³-hybridized carbons (Fsp3) is 0.882. The van der Waals surface area contributed by atoms with Crippen molar-refractivity contribution in [2.45, 2.75) is 72.3 Å². The van der Waals surface area contributed by atoms with Crippen LogP contribution in [0.1, 0.15) is 66.2 Å². The standard InChI is InChI=1S/C17H27NO2/c1-12-7-5-6-10-18(12)14(20)17-9-8-16(4,13(19)11-17)15(17,2)3/h12H,5-11H2,1-4H3/t12-,16+,17-/m0/s1. The number of piperidine rings is 1. The summed E-state index contributed by atoms with van der Waals surface area (Å²) < 4.78 is 0. The predicted molar refractivity (Wildman–Crippen MR) is 78.2 cm³/mol. The van der Waals surface area contributed by atoms with Crippen LogP contribution < -0.4 is 0 Å². The molecule has 0 spiro atoms. The molecule has 0 aromatic rings. The monoisotopic (exact) mass is 277 g/mol. The SMILES string of the molecule is C[C@H]1CCCCN1C(=O)[C@]12CC[C@](C)(C(=O)C1)C2(C)C. The number of hydrogen-bond acceptors (Lipinski definition) is 2. The molecule has 0 N–H and O–H groups in total.